The van der Waals surface area contributed by atoms with Gasteiger partial charge >= 0.3 is 6.09 Å². The van der Waals surface area contributed by atoms with Crippen LogP contribution in [0.4, 0.5) is 4.79 Å². The van der Waals surface area contributed by atoms with Gasteiger partial charge in [-0.05, 0) is 27.7 Å². The summed E-state index contributed by atoms with van der Waals surface area (Å²) in [5, 5.41) is 2.50. The van der Waals surface area contributed by atoms with Crippen molar-refractivity contribution in [1.29, 1.82) is 0 Å². The van der Waals surface area contributed by atoms with Crippen molar-refractivity contribution in [3.63, 3.8) is 0 Å². The zero-order valence-corrected chi connectivity index (χ0v) is 11.8. The summed E-state index contributed by atoms with van der Waals surface area (Å²) in [7, 11) is 0. The summed E-state index contributed by atoms with van der Waals surface area (Å²) in [6.45, 7) is 10.3. The number of rotatable bonds is 4. The van der Waals surface area contributed by atoms with E-state index < -0.39 is 17.6 Å². The summed E-state index contributed by atoms with van der Waals surface area (Å²) in [6, 6.07) is 0. The topological polar surface area (TPSA) is 96.5 Å². The second kappa shape index (κ2) is 7.40. The molecule has 0 saturated heterocycles. The lowest BCUT2D eigenvalue weighted by molar-refractivity contribution is -0.122. The quantitative estimate of drug-likeness (QED) is 0.516. The Balaban J connectivity index is 3.79. The minimum atomic E-state index is -0.744. The van der Waals surface area contributed by atoms with Crippen LogP contribution in [0.3, 0.4) is 0 Å². The highest BCUT2D eigenvalue weighted by molar-refractivity contribution is 5.92. The SMILES string of the molecule is C=C(C)C(=O)NCCC(=O)NNC(=O)OC(C)(C)C. The first-order chi connectivity index (χ1) is 8.61. The largest absolute Gasteiger partial charge is 0.443 e. The summed E-state index contributed by atoms with van der Waals surface area (Å²) in [5.74, 6) is -0.749. The van der Waals surface area contributed by atoms with Gasteiger partial charge in [-0.25, -0.2) is 10.2 Å². The van der Waals surface area contributed by atoms with E-state index in [2.05, 4.69) is 22.7 Å². The summed E-state index contributed by atoms with van der Waals surface area (Å²) in [4.78, 5) is 33.6. The van der Waals surface area contributed by atoms with Crippen molar-refractivity contribution in [2.24, 2.45) is 0 Å². The van der Waals surface area contributed by atoms with Crippen molar-refractivity contribution in [3.8, 4) is 0 Å². The van der Waals surface area contributed by atoms with E-state index in [1.54, 1.807) is 27.7 Å². The molecule has 0 aromatic carbocycles. The van der Waals surface area contributed by atoms with Crippen LogP contribution in [0.1, 0.15) is 34.1 Å². The van der Waals surface area contributed by atoms with Crippen molar-refractivity contribution in [2.45, 2.75) is 39.7 Å². The molecule has 0 bridgehead atoms. The zero-order valence-electron chi connectivity index (χ0n) is 11.8. The monoisotopic (exact) mass is 271 g/mol. The van der Waals surface area contributed by atoms with Crippen LogP contribution in [0.15, 0.2) is 12.2 Å². The molecule has 0 spiro atoms. The number of ether oxygens (including phenoxy) is 1. The first-order valence-corrected chi connectivity index (χ1v) is 5.83. The summed E-state index contributed by atoms with van der Waals surface area (Å²) in [6.07, 6.45) is -0.707. The van der Waals surface area contributed by atoms with Crippen LogP contribution >= 0.6 is 0 Å². The predicted octanol–water partition coefficient (Wildman–Crippen LogP) is 0.625. The number of hydrogen-bond donors (Lipinski definition) is 3. The van der Waals surface area contributed by atoms with Crippen molar-refractivity contribution in [2.75, 3.05) is 6.54 Å². The Hall–Kier alpha value is -2.05. The van der Waals surface area contributed by atoms with E-state index in [4.69, 9.17) is 4.74 Å². The van der Waals surface area contributed by atoms with Crippen LogP contribution in [0.5, 0.6) is 0 Å². The Bertz CT molecular complexity index is 372. The normalized spacial score (nSPS) is 10.3. The van der Waals surface area contributed by atoms with Gasteiger partial charge in [-0.15, -0.1) is 0 Å². The summed E-state index contributed by atoms with van der Waals surface area (Å²) in [5.41, 5.74) is 4.01. The second-order valence-electron chi connectivity index (χ2n) is 4.96. The van der Waals surface area contributed by atoms with Gasteiger partial charge in [0.2, 0.25) is 11.8 Å². The van der Waals surface area contributed by atoms with E-state index in [-0.39, 0.29) is 18.9 Å². The molecule has 0 atom stereocenters. The molecule has 0 radical (unpaired) electrons. The zero-order chi connectivity index (χ0) is 15.1. The van der Waals surface area contributed by atoms with E-state index in [0.29, 0.717) is 5.57 Å². The van der Waals surface area contributed by atoms with Gasteiger partial charge in [0.05, 0.1) is 0 Å². The Kier molecular flexibility index (Phi) is 6.60. The molecule has 0 aromatic heterocycles. The van der Waals surface area contributed by atoms with Gasteiger partial charge in [0.15, 0.2) is 0 Å². The summed E-state index contributed by atoms with van der Waals surface area (Å²) < 4.78 is 4.92. The van der Waals surface area contributed by atoms with Gasteiger partial charge in [0.1, 0.15) is 5.60 Å². The third kappa shape index (κ3) is 9.63. The van der Waals surface area contributed by atoms with E-state index in [9.17, 15) is 14.4 Å². The standard InChI is InChI=1S/C12H21N3O4/c1-8(2)10(17)13-7-6-9(16)14-15-11(18)19-12(3,4)5/h1,6-7H2,2-5H3,(H,13,17)(H,14,16)(H,15,18). The molecule has 0 fully saturated rings. The lowest BCUT2D eigenvalue weighted by Crippen LogP contribution is -2.45. The summed E-state index contributed by atoms with van der Waals surface area (Å²) >= 11 is 0. The van der Waals surface area contributed by atoms with Gasteiger partial charge in [0, 0.05) is 18.5 Å². The van der Waals surface area contributed by atoms with Gasteiger partial charge in [-0.3, -0.25) is 15.0 Å². The van der Waals surface area contributed by atoms with Gasteiger partial charge in [-0.1, -0.05) is 6.58 Å². The Morgan fingerprint density at radius 1 is 1.16 bits per heavy atom. The van der Waals surface area contributed by atoms with E-state index in [1.807, 2.05) is 0 Å². The molecule has 0 heterocycles. The van der Waals surface area contributed by atoms with Gasteiger partial charge in [-0.2, -0.15) is 0 Å². The number of carbonyl (C=O) groups is 3. The van der Waals surface area contributed by atoms with E-state index in [1.165, 1.54) is 0 Å². The molecule has 7 heteroatoms. The molecular weight excluding hydrogens is 250 g/mol. The van der Waals surface area contributed by atoms with Crippen molar-refractivity contribution in [1.82, 2.24) is 16.2 Å². The van der Waals surface area contributed by atoms with Crippen molar-refractivity contribution < 1.29 is 19.1 Å². The Morgan fingerprint density at radius 2 is 1.74 bits per heavy atom. The minimum Gasteiger partial charge on any atom is -0.443 e. The number of amides is 3. The molecule has 0 rings (SSSR count). The van der Waals surface area contributed by atoms with Crippen LogP contribution in [0.2, 0.25) is 0 Å². The Labute approximate surface area is 112 Å². The molecule has 3 N–H and O–H groups in total. The van der Waals surface area contributed by atoms with Crippen LogP contribution in [0.25, 0.3) is 0 Å². The molecule has 0 saturated carbocycles. The highest BCUT2D eigenvalue weighted by Gasteiger charge is 2.16. The molecule has 7 nitrogen and oxygen atoms in total. The maximum absolute atomic E-state index is 11.3. The van der Waals surface area contributed by atoms with Crippen LogP contribution in [-0.2, 0) is 14.3 Å². The number of hydrazine groups is 1. The van der Waals surface area contributed by atoms with Gasteiger partial charge < -0.3 is 10.1 Å². The molecule has 0 aliphatic carbocycles. The lowest BCUT2D eigenvalue weighted by Gasteiger charge is -2.19. The van der Waals surface area contributed by atoms with Crippen molar-refractivity contribution >= 4 is 17.9 Å². The third-order valence-corrected chi connectivity index (χ3v) is 1.73. The molecule has 3 amide bonds. The second-order valence-corrected chi connectivity index (χ2v) is 4.96. The Morgan fingerprint density at radius 3 is 2.21 bits per heavy atom. The lowest BCUT2D eigenvalue weighted by atomic mass is 10.2. The fourth-order valence-electron chi connectivity index (χ4n) is 0.927. The van der Waals surface area contributed by atoms with Crippen molar-refractivity contribution in [3.05, 3.63) is 12.2 Å². The maximum Gasteiger partial charge on any atom is 0.426 e. The molecule has 0 aliphatic heterocycles. The molecule has 0 aromatic rings. The smallest absolute Gasteiger partial charge is 0.426 e. The third-order valence-electron chi connectivity index (χ3n) is 1.73. The highest BCUT2D eigenvalue weighted by Crippen LogP contribution is 2.05. The van der Waals surface area contributed by atoms with Crippen LogP contribution in [0, 0.1) is 0 Å². The molecule has 0 unspecified atom stereocenters. The predicted molar refractivity (Wildman–Crippen MR) is 70.0 cm³/mol. The average molecular weight is 271 g/mol. The first-order valence-electron chi connectivity index (χ1n) is 5.83. The number of carbonyl (C=O) groups excluding carboxylic acids is 3. The molecular formula is C12H21N3O4. The highest BCUT2D eigenvalue weighted by atomic mass is 16.6. The van der Waals surface area contributed by atoms with Crippen LogP contribution in [-0.4, -0.2) is 30.1 Å². The first kappa shape index (κ1) is 16.9. The minimum absolute atomic E-state index is 0.0365. The fourth-order valence-corrected chi connectivity index (χ4v) is 0.927. The average Bonchev–Trinajstić information content (AvgIpc) is 2.23. The maximum atomic E-state index is 11.3. The van der Waals surface area contributed by atoms with Crippen LogP contribution < -0.4 is 16.2 Å². The van der Waals surface area contributed by atoms with E-state index in [0.717, 1.165) is 0 Å². The van der Waals surface area contributed by atoms with E-state index >= 15 is 0 Å². The van der Waals surface area contributed by atoms with Gasteiger partial charge in [0.25, 0.3) is 0 Å². The fraction of sp³-hybridized carbons (Fsp3) is 0.583. The number of hydrogen-bond acceptors (Lipinski definition) is 4. The molecule has 19 heavy (non-hydrogen) atoms. The molecule has 0 aliphatic rings. The molecule has 108 valence electrons. The number of nitrogens with one attached hydrogen (secondary N) is 3.